The van der Waals surface area contributed by atoms with Gasteiger partial charge in [-0.15, -0.1) is 0 Å². The summed E-state index contributed by atoms with van der Waals surface area (Å²) in [5, 5.41) is 5.32. The van der Waals surface area contributed by atoms with Crippen molar-refractivity contribution in [2.75, 3.05) is 26.0 Å². The minimum absolute atomic E-state index is 0.0941. The normalized spacial score (nSPS) is 11.8. The van der Waals surface area contributed by atoms with Crippen LogP contribution in [0.1, 0.15) is 21.5 Å². The van der Waals surface area contributed by atoms with Crippen molar-refractivity contribution in [2.24, 2.45) is 0 Å². The fourth-order valence-corrected chi connectivity index (χ4v) is 3.23. The molecule has 0 fully saturated rings. The second kappa shape index (κ2) is 8.67. The van der Waals surface area contributed by atoms with Crippen molar-refractivity contribution in [1.29, 1.82) is 0 Å². The van der Waals surface area contributed by atoms with Crippen LogP contribution in [0.5, 0.6) is 0 Å². The van der Waals surface area contributed by atoms with E-state index in [2.05, 4.69) is 35.6 Å². The third-order valence-corrected chi connectivity index (χ3v) is 4.71. The minimum atomic E-state index is -0.422. The first-order chi connectivity index (χ1) is 13.5. The number of rotatable bonds is 6. The fraction of sp³-hybridized carbons (Fsp3) is 0.217. The molecular formula is C23H25N2O3+. The number of nitrogens with one attached hydrogen (secondary N) is 2. The lowest BCUT2D eigenvalue weighted by Crippen LogP contribution is -3.08. The smallest absolute Gasteiger partial charge is 0.337 e. The van der Waals surface area contributed by atoms with Gasteiger partial charge in [-0.3, -0.25) is 4.79 Å². The summed E-state index contributed by atoms with van der Waals surface area (Å²) < 4.78 is 4.74. The topological polar surface area (TPSA) is 59.8 Å². The number of fused-ring (bicyclic) bond motifs is 1. The first kappa shape index (κ1) is 19.6. The van der Waals surface area contributed by atoms with Crippen molar-refractivity contribution in [2.45, 2.75) is 13.5 Å². The van der Waals surface area contributed by atoms with Gasteiger partial charge in [-0.05, 0) is 41.5 Å². The number of carbonyl (C=O) groups excluding carboxylic acids is 2. The van der Waals surface area contributed by atoms with E-state index in [1.54, 1.807) is 18.2 Å². The first-order valence-corrected chi connectivity index (χ1v) is 9.24. The SMILES string of the molecule is COC(=O)c1ccc(C)c(NC(=O)C[NH+](C)Cc2ccc3ccccc3c2)c1. The van der Waals surface area contributed by atoms with Crippen molar-refractivity contribution in [1.82, 2.24) is 0 Å². The van der Waals surface area contributed by atoms with Crippen LogP contribution in [0.3, 0.4) is 0 Å². The Morgan fingerprint density at radius 1 is 1.00 bits per heavy atom. The Labute approximate surface area is 164 Å². The van der Waals surface area contributed by atoms with Crippen molar-refractivity contribution < 1.29 is 19.2 Å². The summed E-state index contributed by atoms with van der Waals surface area (Å²) in [5.41, 5.74) is 3.13. The lowest BCUT2D eigenvalue weighted by molar-refractivity contribution is -0.885. The number of esters is 1. The second-order valence-corrected chi connectivity index (χ2v) is 7.06. The van der Waals surface area contributed by atoms with Gasteiger partial charge in [0.15, 0.2) is 6.54 Å². The van der Waals surface area contributed by atoms with E-state index in [0.717, 1.165) is 17.0 Å². The van der Waals surface area contributed by atoms with E-state index >= 15 is 0 Å². The molecule has 0 heterocycles. The Morgan fingerprint density at radius 2 is 1.75 bits per heavy atom. The molecule has 0 spiro atoms. The van der Waals surface area contributed by atoms with Gasteiger partial charge in [0, 0.05) is 11.3 Å². The molecule has 1 unspecified atom stereocenters. The number of hydrogen-bond acceptors (Lipinski definition) is 3. The summed E-state index contributed by atoms with van der Waals surface area (Å²) in [4.78, 5) is 25.3. The van der Waals surface area contributed by atoms with Gasteiger partial charge < -0.3 is 15.0 Å². The van der Waals surface area contributed by atoms with E-state index in [4.69, 9.17) is 4.74 Å². The Hall–Kier alpha value is -3.18. The Bertz CT molecular complexity index is 1010. The van der Waals surface area contributed by atoms with Crippen LogP contribution in [0.4, 0.5) is 5.69 Å². The minimum Gasteiger partial charge on any atom is -0.465 e. The van der Waals surface area contributed by atoms with Crippen LogP contribution in [0.25, 0.3) is 10.8 Å². The molecule has 1 atom stereocenters. The number of ether oxygens (including phenoxy) is 1. The highest BCUT2D eigenvalue weighted by molar-refractivity contribution is 5.95. The van der Waals surface area contributed by atoms with E-state index in [9.17, 15) is 9.59 Å². The molecule has 5 heteroatoms. The maximum atomic E-state index is 12.5. The standard InChI is InChI=1S/C23H24N2O3/c1-16-8-10-20(23(27)28-3)13-21(16)24-22(26)15-25(2)14-17-9-11-18-6-4-5-7-19(18)12-17/h4-13H,14-15H2,1-3H3,(H,24,26)/p+1. The third kappa shape index (κ3) is 4.75. The maximum Gasteiger partial charge on any atom is 0.337 e. The zero-order valence-corrected chi connectivity index (χ0v) is 16.4. The van der Waals surface area contributed by atoms with Gasteiger partial charge >= 0.3 is 5.97 Å². The third-order valence-electron chi connectivity index (χ3n) is 4.71. The van der Waals surface area contributed by atoms with Crippen molar-refractivity contribution in [3.05, 3.63) is 77.4 Å². The van der Waals surface area contributed by atoms with E-state index in [-0.39, 0.29) is 5.91 Å². The lowest BCUT2D eigenvalue weighted by atomic mass is 10.1. The molecule has 0 aliphatic heterocycles. The molecule has 28 heavy (non-hydrogen) atoms. The quantitative estimate of drug-likeness (QED) is 0.649. The first-order valence-electron chi connectivity index (χ1n) is 9.24. The zero-order chi connectivity index (χ0) is 20.1. The van der Waals surface area contributed by atoms with E-state index in [1.807, 2.05) is 26.1 Å². The number of carbonyl (C=O) groups is 2. The number of aryl methyl sites for hydroxylation is 1. The van der Waals surface area contributed by atoms with Crippen LogP contribution in [-0.4, -0.2) is 32.6 Å². The monoisotopic (exact) mass is 377 g/mol. The summed E-state index contributed by atoms with van der Waals surface area (Å²) in [6.07, 6.45) is 0. The highest BCUT2D eigenvalue weighted by Crippen LogP contribution is 2.17. The van der Waals surface area contributed by atoms with Crippen LogP contribution in [-0.2, 0) is 16.1 Å². The molecule has 0 saturated heterocycles. The van der Waals surface area contributed by atoms with E-state index in [0.29, 0.717) is 17.8 Å². The molecule has 0 bridgehead atoms. The number of quaternary nitrogens is 1. The molecule has 0 aliphatic carbocycles. The van der Waals surface area contributed by atoms with Gasteiger partial charge in [-0.2, -0.15) is 0 Å². The predicted octanol–water partition coefficient (Wildman–Crippen LogP) is 2.59. The van der Waals surface area contributed by atoms with Gasteiger partial charge in [0.05, 0.1) is 19.7 Å². The van der Waals surface area contributed by atoms with E-state index in [1.165, 1.54) is 23.4 Å². The number of methoxy groups -OCH3 is 1. The molecule has 2 N–H and O–H groups in total. The summed E-state index contributed by atoms with van der Waals surface area (Å²) in [6.45, 7) is 2.97. The summed E-state index contributed by atoms with van der Waals surface area (Å²) >= 11 is 0. The van der Waals surface area contributed by atoms with Crippen LogP contribution < -0.4 is 10.2 Å². The molecular weight excluding hydrogens is 352 g/mol. The van der Waals surface area contributed by atoms with Crippen molar-refractivity contribution >= 4 is 28.3 Å². The zero-order valence-electron chi connectivity index (χ0n) is 16.4. The van der Waals surface area contributed by atoms with Gasteiger partial charge in [0.25, 0.3) is 5.91 Å². The Balaban J connectivity index is 1.63. The number of hydrogen-bond donors (Lipinski definition) is 2. The second-order valence-electron chi connectivity index (χ2n) is 7.06. The predicted molar refractivity (Wildman–Crippen MR) is 111 cm³/mol. The van der Waals surface area contributed by atoms with Crippen LogP contribution in [0, 0.1) is 6.92 Å². The average Bonchev–Trinajstić information content (AvgIpc) is 2.68. The highest BCUT2D eigenvalue weighted by Gasteiger charge is 2.14. The lowest BCUT2D eigenvalue weighted by Gasteiger charge is -2.15. The molecule has 0 radical (unpaired) electrons. The van der Waals surface area contributed by atoms with Crippen molar-refractivity contribution in [3.8, 4) is 0 Å². The molecule has 3 aromatic rings. The van der Waals surface area contributed by atoms with Crippen molar-refractivity contribution in [3.63, 3.8) is 0 Å². The number of anilines is 1. The van der Waals surface area contributed by atoms with Gasteiger partial charge in [-0.1, -0.05) is 42.5 Å². The largest absolute Gasteiger partial charge is 0.465 e. The fourth-order valence-electron chi connectivity index (χ4n) is 3.23. The number of amides is 1. The van der Waals surface area contributed by atoms with Gasteiger partial charge in [-0.25, -0.2) is 4.79 Å². The molecule has 144 valence electrons. The molecule has 5 nitrogen and oxygen atoms in total. The summed E-state index contributed by atoms with van der Waals surface area (Å²) in [5.74, 6) is -0.516. The number of likely N-dealkylation sites (N-methyl/N-ethyl adjacent to an activating group) is 1. The van der Waals surface area contributed by atoms with Crippen LogP contribution in [0.2, 0.25) is 0 Å². The molecule has 1 amide bonds. The van der Waals surface area contributed by atoms with Crippen LogP contribution in [0.15, 0.2) is 60.7 Å². The Morgan fingerprint density at radius 3 is 2.50 bits per heavy atom. The molecule has 0 aliphatic rings. The summed E-state index contributed by atoms with van der Waals surface area (Å²) in [7, 11) is 3.33. The molecule has 0 aromatic heterocycles. The maximum absolute atomic E-state index is 12.5. The van der Waals surface area contributed by atoms with Gasteiger partial charge in [0.1, 0.15) is 6.54 Å². The van der Waals surface area contributed by atoms with E-state index < -0.39 is 5.97 Å². The molecule has 3 aromatic carbocycles. The molecule has 3 rings (SSSR count). The summed E-state index contributed by atoms with van der Waals surface area (Å²) in [6, 6.07) is 19.8. The van der Waals surface area contributed by atoms with Crippen LogP contribution >= 0.6 is 0 Å². The van der Waals surface area contributed by atoms with Gasteiger partial charge in [0.2, 0.25) is 0 Å². The Kier molecular flexibility index (Phi) is 6.06. The highest BCUT2D eigenvalue weighted by atomic mass is 16.5. The number of benzene rings is 3. The average molecular weight is 377 g/mol. The molecule has 0 saturated carbocycles.